The fraction of sp³-hybridized carbons (Fsp3) is 0.263. The van der Waals surface area contributed by atoms with Gasteiger partial charge in [0.25, 0.3) is 5.91 Å². The van der Waals surface area contributed by atoms with Gasteiger partial charge in [-0.1, -0.05) is 30.3 Å². The van der Waals surface area contributed by atoms with Crippen LogP contribution in [0, 0.1) is 6.92 Å². The molecule has 0 aliphatic carbocycles. The second-order valence-corrected chi connectivity index (χ2v) is 8.03. The Balaban J connectivity index is 2.03. The van der Waals surface area contributed by atoms with E-state index in [0.717, 1.165) is 16.1 Å². The third-order valence-electron chi connectivity index (χ3n) is 3.74. The lowest BCUT2D eigenvalue weighted by atomic mass is 10.2. The molecule has 1 amide bonds. The molecule has 2 rings (SSSR count). The minimum absolute atomic E-state index is 0.0714. The average molecular weight is 406 g/mol. The number of amides is 1. The third-order valence-corrected chi connectivity index (χ3v) is 4.86. The van der Waals surface area contributed by atoms with Crippen LogP contribution < -0.4 is 14.8 Å². The number of benzene rings is 2. The summed E-state index contributed by atoms with van der Waals surface area (Å²) in [5.74, 6) is -0.893. The standard InChI is InChI=1S/C19H22N2O6S/c1-14-6-3-4-9-17(14)21(28(2,24)25)11-19(23)27-12-15-7-5-8-16(10-15)26-13-18(20)22/h3-10H,11-13H2,1-2H3,(H2,20,22). The van der Waals surface area contributed by atoms with E-state index in [2.05, 4.69) is 0 Å². The maximum absolute atomic E-state index is 12.2. The fourth-order valence-electron chi connectivity index (χ4n) is 2.43. The third kappa shape index (κ3) is 6.27. The van der Waals surface area contributed by atoms with Crippen LogP contribution in [0.25, 0.3) is 0 Å². The molecule has 2 aromatic rings. The van der Waals surface area contributed by atoms with E-state index in [4.69, 9.17) is 15.2 Å². The number of carbonyl (C=O) groups excluding carboxylic acids is 2. The quantitative estimate of drug-likeness (QED) is 0.629. The Labute approximate surface area is 163 Å². The van der Waals surface area contributed by atoms with Gasteiger partial charge in [-0.15, -0.1) is 0 Å². The lowest BCUT2D eigenvalue weighted by molar-refractivity contribution is -0.143. The highest BCUT2D eigenvalue weighted by molar-refractivity contribution is 7.92. The molecule has 0 atom stereocenters. The van der Waals surface area contributed by atoms with Crippen molar-refractivity contribution in [2.45, 2.75) is 13.5 Å². The summed E-state index contributed by atoms with van der Waals surface area (Å²) >= 11 is 0. The molecule has 0 spiro atoms. The Morgan fingerprint density at radius 3 is 2.46 bits per heavy atom. The van der Waals surface area contributed by atoms with Gasteiger partial charge in [-0.05, 0) is 36.2 Å². The van der Waals surface area contributed by atoms with Crippen molar-refractivity contribution < 1.29 is 27.5 Å². The summed E-state index contributed by atoms with van der Waals surface area (Å²) in [6.45, 7) is 0.985. The predicted molar refractivity (Wildman–Crippen MR) is 104 cm³/mol. The van der Waals surface area contributed by atoms with Crippen molar-refractivity contribution in [3.8, 4) is 5.75 Å². The van der Waals surface area contributed by atoms with E-state index in [-0.39, 0.29) is 13.2 Å². The van der Waals surface area contributed by atoms with E-state index in [1.807, 2.05) is 0 Å². The highest BCUT2D eigenvalue weighted by Crippen LogP contribution is 2.22. The number of sulfonamides is 1. The van der Waals surface area contributed by atoms with Crippen molar-refractivity contribution >= 4 is 27.6 Å². The summed E-state index contributed by atoms with van der Waals surface area (Å²) in [7, 11) is -3.67. The first-order chi connectivity index (χ1) is 13.2. The predicted octanol–water partition coefficient (Wildman–Crippen LogP) is 1.37. The van der Waals surface area contributed by atoms with Crippen LogP contribution in [0.3, 0.4) is 0 Å². The monoisotopic (exact) mass is 406 g/mol. The number of anilines is 1. The zero-order valence-electron chi connectivity index (χ0n) is 15.6. The zero-order chi connectivity index (χ0) is 20.7. The second-order valence-electron chi connectivity index (χ2n) is 6.12. The first-order valence-electron chi connectivity index (χ1n) is 8.36. The number of aryl methyl sites for hydroxylation is 1. The summed E-state index contributed by atoms with van der Waals surface area (Å²) < 4.78 is 35.7. The molecule has 0 fully saturated rings. The minimum Gasteiger partial charge on any atom is -0.484 e. The van der Waals surface area contributed by atoms with Crippen molar-refractivity contribution in [2.75, 3.05) is 23.7 Å². The molecule has 0 heterocycles. The number of hydrogen-bond acceptors (Lipinski definition) is 6. The molecule has 0 saturated carbocycles. The van der Waals surface area contributed by atoms with Crippen LogP contribution >= 0.6 is 0 Å². The van der Waals surface area contributed by atoms with Gasteiger partial charge >= 0.3 is 5.97 Å². The second kappa shape index (κ2) is 9.23. The Bertz CT molecular complexity index is 958. The van der Waals surface area contributed by atoms with Crippen molar-refractivity contribution in [1.29, 1.82) is 0 Å². The molecular weight excluding hydrogens is 384 g/mol. The molecule has 0 aliphatic rings. The largest absolute Gasteiger partial charge is 0.484 e. The lowest BCUT2D eigenvalue weighted by Gasteiger charge is -2.23. The number of ether oxygens (including phenoxy) is 2. The van der Waals surface area contributed by atoms with Crippen LogP contribution in [0.2, 0.25) is 0 Å². The van der Waals surface area contributed by atoms with E-state index < -0.39 is 28.4 Å². The Morgan fingerprint density at radius 2 is 1.82 bits per heavy atom. The summed E-state index contributed by atoms with van der Waals surface area (Å²) in [5, 5.41) is 0. The molecule has 9 heteroatoms. The highest BCUT2D eigenvalue weighted by atomic mass is 32.2. The first-order valence-corrected chi connectivity index (χ1v) is 10.2. The first kappa shape index (κ1) is 21.2. The van der Waals surface area contributed by atoms with E-state index >= 15 is 0 Å². The normalized spacial score (nSPS) is 10.9. The van der Waals surface area contributed by atoms with Gasteiger partial charge in [0.15, 0.2) is 6.61 Å². The van der Waals surface area contributed by atoms with Gasteiger partial charge in [-0.2, -0.15) is 0 Å². The SMILES string of the molecule is Cc1ccccc1N(CC(=O)OCc1cccc(OCC(N)=O)c1)S(C)(=O)=O. The molecule has 0 saturated heterocycles. The van der Waals surface area contributed by atoms with Crippen LogP contribution in [0.5, 0.6) is 5.75 Å². The number of hydrogen-bond donors (Lipinski definition) is 1. The van der Waals surface area contributed by atoms with Gasteiger partial charge in [0.2, 0.25) is 10.0 Å². The highest BCUT2D eigenvalue weighted by Gasteiger charge is 2.22. The molecule has 150 valence electrons. The Kier molecular flexibility index (Phi) is 7.00. The smallest absolute Gasteiger partial charge is 0.327 e. The molecule has 0 unspecified atom stereocenters. The number of nitrogens with zero attached hydrogens (tertiary/aromatic N) is 1. The molecule has 0 aliphatic heterocycles. The van der Waals surface area contributed by atoms with Crippen molar-refractivity contribution in [3.05, 3.63) is 59.7 Å². The van der Waals surface area contributed by atoms with E-state index in [1.54, 1.807) is 55.5 Å². The van der Waals surface area contributed by atoms with Gasteiger partial charge in [-0.3, -0.25) is 13.9 Å². The minimum atomic E-state index is -3.67. The molecule has 0 radical (unpaired) electrons. The van der Waals surface area contributed by atoms with E-state index in [1.165, 1.54) is 0 Å². The molecule has 2 N–H and O–H groups in total. The zero-order valence-corrected chi connectivity index (χ0v) is 16.4. The summed E-state index contributed by atoms with van der Waals surface area (Å²) in [6, 6.07) is 13.5. The molecule has 8 nitrogen and oxygen atoms in total. The van der Waals surface area contributed by atoms with Crippen LogP contribution in [-0.4, -0.2) is 39.7 Å². The molecule has 28 heavy (non-hydrogen) atoms. The fourth-order valence-corrected chi connectivity index (χ4v) is 3.33. The molecule has 0 aromatic heterocycles. The van der Waals surface area contributed by atoms with Crippen LogP contribution in [0.15, 0.2) is 48.5 Å². The molecule has 2 aromatic carbocycles. The van der Waals surface area contributed by atoms with E-state index in [9.17, 15) is 18.0 Å². The maximum Gasteiger partial charge on any atom is 0.327 e. The van der Waals surface area contributed by atoms with Gasteiger partial charge in [0, 0.05) is 0 Å². The Hall–Kier alpha value is -3.07. The van der Waals surface area contributed by atoms with Gasteiger partial charge in [0.1, 0.15) is 18.9 Å². The number of nitrogens with two attached hydrogens (primary N) is 1. The lowest BCUT2D eigenvalue weighted by Crippen LogP contribution is -2.36. The number of primary amides is 1. The maximum atomic E-state index is 12.2. The topological polar surface area (TPSA) is 116 Å². The van der Waals surface area contributed by atoms with Crippen molar-refractivity contribution in [1.82, 2.24) is 0 Å². The average Bonchev–Trinajstić information content (AvgIpc) is 2.63. The van der Waals surface area contributed by atoms with Gasteiger partial charge in [0.05, 0.1) is 11.9 Å². The number of carbonyl (C=O) groups is 2. The van der Waals surface area contributed by atoms with Crippen molar-refractivity contribution in [3.63, 3.8) is 0 Å². The van der Waals surface area contributed by atoms with Crippen molar-refractivity contribution in [2.24, 2.45) is 5.73 Å². The molecular formula is C19H22N2O6S. The van der Waals surface area contributed by atoms with Crippen LogP contribution in [0.4, 0.5) is 5.69 Å². The molecule has 0 bridgehead atoms. The number of para-hydroxylation sites is 1. The number of esters is 1. The van der Waals surface area contributed by atoms with E-state index in [0.29, 0.717) is 17.0 Å². The van der Waals surface area contributed by atoms with Gasteiger partial charge < -0.3 is 15.2 Å². The summed E-state index contributed by atoms with van der Waals surface area (Å²) in [4.78, 5) is 23.0. The number of rotatable bonds is 9. The van der Waals surface area contributed by atoms with Crippen LogP contribution in [-0.2, 0) is 31.0 Å². The van der Waals surface area contributed by atoms with Crippen LogP contribution in [0.1, 0.15) is 11.1 Å². The summed E-state index contributed by atoms with van der Waals surface area (Å²) in [5.41, 5.74) is 6.79. The summed E-state index contributed by atoms with van der Waals surface area (Å²) in [6.07, 6.45) is 1.03. The Morgan fingerprint density at radius 1 is 1.11 bits per heavy atom. The van der Waals surface area contributed by atoms with Gasteiger partial charge in [-0.25, -0.2) is 8.42 Å².